The van der Waals surface area contributed by atoms with Gasteiger partial charge in [0.25, 0.3) is 0 Å². The van der Waals surface area contributed by atoms with Gasteiger partial charge in [-0.3, -0.25) is 0 Å². The lowest BCUT2D eigenvalue weighted by Crippen LogP contribution is -2.07. The first-order valence-electron chi connectivity index (χ1n) is 8.97. The molecule has 0 aliphatic heterocycles. The number of ether oxygens (including phenoxy) is 2. The molecule has 0 spiro atoms. The summed E-state index contributed by atoms with van der Waals surface area (Å²) < 4.78 is 17.4. The predicted octanol–water partition coefficient (Wildman–Crippen LogP) is 4.05. The molecule has 0 saturated carbocycles. The molecule has 1 aromatic carbocycles. The molecule has 148 valence electrons. The first-order chi connectivity index (χ1) is 13.9. The first-order valence-corrected chi connectivity index (χ1v) is 8.97. The fourth-order valence-corrected chi connectivity index (χ4v) is 3.06. The van der Waals surface area contributed by atoms with E-state index in [0.717, 1.165) is 28.4 Å². The van der Waals surface area contributed by atoms with Crippen LogP contribution in [0.5, 0.6) is 5.75 Å². The van der Waals surface area contributed by atoms with Gasteiger partial charge in [-0.05, 0) is 62.7 Å². The number of methoxy groups -OCH3 is 1. The zero-order chi connectivity index (χ0) is 21.0. The second-order valence-electron chi connectivity index (χ2n) is 6.53. The third-order valence-corrected chi connectivity index (χ3v) is 4.47. The zero-order valence-electron chi connectivity index (χ0n) is 16.7. The average Bonchev–Trinajstić information content (AvgIpc) is 3.26. The number of rotatable bonds is 6. The van der Waals surface area contributed by atoms with Gasteiger partial charge < -0.3 is 18.6 Å². The topological polar surface area (TPSA) is 90.3 Å². The van der Waals surface area contributed by atoms with Crippen molar-refractivity contribution in [3.8, 4) is 17.5 Å². The van der Waals surface area contributed by atoms with Crippen LogP contribution in [0.25, 0.3) is 11.8 Å². The van der Waals surface area contributed by atoms with Crippen LogP contribution in [0.15, 0.2) is 46.5 Å². The van der Waals surface area contributed by atoms with Crippen LogP contribution < -0.4 is 4.74 Å². The second kappa shape index (κ2) is 8.48. The standard InChI is InChI=1S/C22H21N3O4/c1-14-9-17(16(3)25(14)20-5-7-21(27-4)8-6-20)11-18(12-23)22(26)28-13-19-10-15(2)29-24-19/h5-11H,13H2,1-4H3/b18-11+. The van der Waals surface area contributed by atoms with E-state index in [1.807, 2.05) is 54.8 Å². The first kappa shape index (κ1) is 20.0. The Kier molecular flexibility index (Phi) is 5.84. The molecule has 3 aromatic rings. The van der Waals surface area contributed by atoms with Gasteiger partial charge in [0, 0.05) is 23.1 Å². The van der Waals surface area contributed by atoms with Crippen molar-refractivity contribution in [3.63, 3.8) is 0 Å². The number of carbonyl (C=O) groups excluding carboxylic acids is 1. The number of carbonyl (C=O) groups is 1. The van der Waals surface area contributed by atoms with E-state index in [1.54, 1.807) is 26.2 Å². The monoisotopic (exact) mass is 391 g/mol. The van der Waals surface area contributed by atoms with Crippen molar-refractivity contribution in [2.75, 3.05) is 7.11 Å². The van der Waals surface area contributed by atoms with Crippen LogP contribution in [-0.4, -0.2) is 22.8 Å². The summed E-state index contributed by atoms with van der Waals surface area (Å²) in [6.07, 6.45) is 1.54. The third-order valence-electron chi connectivity index (χ3n) is 4.47. The number of aryl methyl sites for hydroxylation is 2. The largest absolute Gasteiger partial charge is 0.497 e. The Morgan fingerprint density at radius 3 is 2.55 bits per heavy atom. The lowest BCUT2D eigenvalue weighted by Gasteiger charge is -2.10. The van der Waals surface area contributed by atoms with Crippen LogP contribution in [0.4, 0.5) is 0 Å². The SMILES string of the molecule is COc1ccc(-n2c(C)cc(/C=C(\C#N)C(=O)OCc3cc(C)on3)c2C)cc1. The van der Waals surface area contributed by atoms with Crippen LogP contribution in [0.3, 0.4) is 0 Å². The summed E-state index contributed by atoms with van der Waals surface area (Å²) in [6.45, 7) is 5.59. The highest BCUT2D eigenvalue weighted by atomic mass is 16.5. The Morgan fingerprint density at radius 1 is 1.24 bits per heavy atom. The highest BCUT2D eigenvalue weighted by molar-refractivity contribution is 5.98. The minimum absolute atomic E-state index is 0.0555. The molecule has 2 heterocycles. The van der Waals surface area contributed by atoms with Crippen molar-refractivity contribution in [1.29, 1.82) is 5.26 Å². The quantitative estimate of drug-likeness (QED) is 0.358. The summed E-state index contributed by atoms with van der Waals surface area (Å²) in [6, 6.07) is 13.2. The Hall–Kier alpha value is -3.79. The molecule has 3 rings (SSSR count). The Labute approximate surface area is 168 Å². The normalized spacial score (nSPS) is 11.2. The van der Waals surface area contributed by atoms with E-state index >= 15 is 0 Å². The Morgan fingerprint density at radius 2 is 1.97 bits per heavy atom. The maximum atomic E-state index is 12.3. The molecule has 0 atom stereocenters. The maximum absolute atomic E-state index is 12.3. The molecular formula is C22H21N3O4. The molecule has 0 radical (unpaired) electrons. The van der Waals surface area contributed by atoms with E-state index in [4.69, 9.17) is 14.0 Å². The summed E-state index contributed by atoms with van der Waals surface area (Å²) in [5.74, 6) is 0.689. The average molecular weight is 391 g/mol. The fraction of sp³-hybridized carbons (Fsp3) is 0.227. The molecule has 0 amide bonds. The highest BCUT2D eigenvalue weighted by Crippen LogP contribution is 2.24. The molecule has 2 aromatic heterocycles. The lowest BCUT2D eigenvalue weighted by atomic mass is 10.1. The van der Waals surface area contributed by atoms with Crippen molar-refractivity contribution in [3.05, 3.63) is 70.4 Å². The molecule has 7 heteroatoms. The summed E-state index contributed by atoms with van der Waals surface area (Å²) in [4.78, 5) is 12.3. The third kappa shape index (κ3) is 4.38. The van der Waals surface area contributed by atoms with E-state index in [-0.39, 0.29) is 12.2 Å². The molecule has 0 saturated heterocycles. The van der Waals surface area contributed by atoms with Gasteiger partial charge in [-0.15, -0.1) is 0 Å². The second-order valence-corrected chi connectivity index (χ2v) is 6.53. The summed E-state index contributed by atoms with van der Waals surface area (Å²) in [5.41, 5.74) is 4.01. The van der Waals surface area contributed by atoms with E-state index in [1.165, 1.54) is 0 Å². The number of esters is 1. The van der Waals surface area contributed by atoms with Crippen LogP contribution in [0.1, 0.15) is 28.4 Å². The summed E-state index contributed by atoms with van der Waals surface area (Å²) in [7, 11) is 1.62. The lowest BCUT2D eigenvalue weighted by molar-refractivity contribution is -0.139. The number of hydrogen-bond acceptors (Lipinski definition) is 6. The summed E-state index contributed by atoms with van der Waals surface area (Å²) >= 11 is 0. The molecule has 0 fully saturated rings. The number of nitrogens with zero attached hydrogens (tertiary/aromatic N) is 3. The predicted molar refractivity (Wildman–Crippen MR) is 106 cm³/mol. The van der Waals surface area contributed by atoms with Gasteiger partial charge in [0.1, 0.15) is 35.5 Å². The zero-order valence-corrected chi connectivity index (χ0v) is 16.7. The van der Waals surface area contributed by atoms with Gasteiger partial charge in [0.05, 0.1) is 7.11 Å². The van der Waals surface area contributed by atoms with E-state index in [9.17, 15) is 10.1 Å². The van der Waals surface area contributed by atoms with Crippen LogP contribution in [0.2, 0.25) is 0 Å². The summed E-state index contributed by atoms with van der Waals surface area (Å²) in [5, 5.41) is 13.2. The number of aromatic nitrogens is 2. The molecule has 0 N–H and O–H groups in total. The number of hydrogen-bond donors (Lipinski definition) is 0. The van der Waals surface area contributed by atoms with Gasteiger partial charge in [-0.1, -0.05) is 5.16 Å². The van der Waals surface area contributed by atoms with Crippen molar-refractivity contribution < 1.29 is 18.8 Å². The molecule has 0 aliphatic rings. The van der Waals surface area contributed by atoms with Crippen molar-refractivity contribution >= 4 is 12.0 Å². The minimum Gasteiger partial charge on any atom is -0.497 e. The van der Waals surface area contributed by atoms with E-state index < -0.39 is 5.97 Å². The van der Waals surface area contributed by atoms with Crippen LogP contribution in [0, 0.1) is 32.1 Å². The molecule has 7 nitrogen and oxygen atoms in total. The van der Waals surface area contributed by atoms with Gasteiger partial charge in [0.2, 0.25) is 0 Å². The number of nitriles is 1. The van der Waals surface area contributed by atoms with E-state index in [0.29, 0.717) is 11.5 Å². The van der Waals surface area contributed by atoms with Gasteiger partial charge in [0.15, 0.2) is 0 Å². The Bertz CT molecular complexity index is 1100. The van der Waals surface area contributed by atoms with Crippen LogP contribution in [-0.2, 0) is 16.1 Å². The smallest absolute Gasteiger partial charge is 0.349 e. The molecule has 0 aliphatic carbocycles. The molecule has 0 unspecified atom stereocenters. The number of benzene rings is 1. The van der Waals surface area contributed by atoms with Gasteiger partial charge >= 0.3 is 5.97 Å². The van der Waals surface area contributed by atoms with Crippen molar-refractivity contribution in [1.82, 2.24) is 9.72 Å². The van der Waals surface area contributed by atoms with Crippen molar-refractivity contribution in [2.24, 2.45) is 0 Å². The van der Waals surface area contributed by atoms with Crippen LogP contribution >= 0.6 is 0 Å². The van der Waals surface area contributed by atoms with Gasteiger partial charge in [-0.2, -0.15) is 5.26 Å². The molecule has 0 bridgehead atoms. The fourth-order valence-electron chi connectivity index (χ4n) is 3.06. The Balaban J connectivity index is 1.83. The maximum Gasteiger partial charge on any atom is 0.349 e. The van der Waals surface area contributed by atoms with Gasteiger partial charge in [-0.25, -0.2) is 4.79 Å². The molecule has 29 heavy (non-hydrogen) atoms. The molecular weight excluding hydrogens is 370 g/mol. The minimum atomic E-state index is -0.706. The van der Waals surface area contributed by atoms with E-state index in [2.05, 4.69) is 5.16 Å². The van der Waals surface area contributed by atoms with Crippen molar-refractivity contribution in [2.45, 2.75) is 27.4 Å². The highest BCUT2D eigenvalue weighted by Gasteiger charge is 2.15.